The maximum absolute atomic E-state index is 12.9. The summed E-state index contributed by atoms with van der Waals surface area (Å²) in [5.74, 6) is -0.281. The lowest BCUT2D eigenvalue weighted by atomic mass is 10.2. The van der Waals surface area contributed by atoms with Crippen LogP contribution in [0.15, 0.2) is 53.4 Å². The summed E-state index contributed by atoms with van der Waals surface area (Å²) in [7, 11) is -0.394. The van der Waals surface area contributed by atoms with Crippen molar-refractivity contribution in [3.05, 3.63) is 59.7 Å². The van der Waals surface area contributed by atoms with Crippen molar-refractivity contribution >= 4 is 21.6 Å². The molecule has 0 aliphatic carbocycles. The molecule has 2 rings (SSSR count). The Morgan fingerprint density at radius 2 is 1.77 bits per heavy atom. The van der Waals surface area contributed by atoms with Gasteiger partial charge in [0.15, 0.2) is 0 Å². The van der Waals surface area contributed by atoms with Crippen molar-refractivity contribution < 1.29 is 13.2 Å². The first kappa shape index (κ1) is 19.9. The number of carbonyl (C=O) groups excluding carboxylic acids is 1. The van der Waals surface area contributed by atoms with E-state index in [1.54, 1.807) is 24.3 Å². The third-order valence-corrected chi connectivity index (χ3v) is 5.82. The van der Waals surface area contributed by atoms with Crippen LogP contribution in [0.25, 0.3) is 0 Å². The number of nitrogens with one attached hydrogen (secondary N) is 2. The molecular weight excluding hydrogens is 350 g/mol. The zero-order valence-corrected chi connectivity index (χ0v) is 16.1. The Balaban J connectivity index is 2.19. The number of carbonyl (C=O) groups is 1. The average Bonchev–Trinajstić information content (AvgIpc) is 2.65. The van der Waals surface area contributed by atoms with E-state index in [1.807, 2.05) is 26.1 Å². The Kier molecular flexibility index (Phi) is 6.76. The Morgan fingerprint density at radius 3 is 2.42 bits per heavy atom. The first-order chi connectivity index (χ1) is 12.4. The molecule has 140 valence electrons. The first-order valence-electron chi connectivity index (χ1n) is 8.44. The number of hydrogen-bond donors (Lipinski definition) is 2. The van der Waals surface area contributed by atoms with Gasteiger partial charge in [-0.05, 0) is 57.3 Å². The molecule has 7 heteroatoms. The van der Waals surface area contributed by atoms with Gasteiger partial charge in [-0.15, -0.1) is 0 Å². The minimum absolute atomic E-state index is 0.0865. The highest BCUT2D eigenvalue weighted by Crippen LogP contribution is 2.23. The van der Waals surface area contributed by atoms with Crippen LogP contribution in [0, 0.1) is 6.92 Å². The molecule has 0 spiro atoms. The monoisotopic (exact) mass is 375 g/mol. The zero-order chi connectivity index (χ0) is 19.2. The van der Waals surface area contributed by atoms with E-state index in [0.29, 0.717) is 17.8 Å². The van der Waals surface area contributed by atoms with E-state index in [-0.39, 0.29) is 10.8 Å². The lowest BCUT2D eigenvalue weighted by Gasteiger charge is -2.20. The molecule has 0 atom stereocenters. The van der Waals surface area contributed by atoms with E-state index in [1.165, 1.54) is 23.5 Å². The van der Waals surface area contributed by atoms with Gasteiger partial charge in [0.1, 0.15) is 0 Å². The molecule has 0 bridgehead atoms. The highest BCUT2D eigenvalue weighted by atomic mass is 32.2. The second-order valence-corrected chi connectivity index (χ2v) is 8.02. The van der Waals surface area contributed by atoms with Crippen LogP contribution in [0.2, 0.25) is 0 Å². The zero-order valence-electron chi connectivity index (χ0n) is 15.3. The summed E-state index contributed by atoms with van der Waals surface area (Å²) in [6.07, 6.45) is 0.802. The minimum Gasteiger partial charge on any atom is -0.352 e. The quantitative estimate of drug-likeness (QED) is 0.693. The molecule has 0 saturated carbocycles. The lowest BCUT2D eigenvalue weighted by Crippen LogP contribution is -2.28. The van der Waals surface area contributed by atoms with Crippen molar-refractivity contribution in [1.29, 1.82) is 0 Å². The predicted octanol–water partition coefficient (Wildman–Crippen LogP) is 2.16. The third-order valence-electron chi connectivity index (χ3n) is 4.04. The van der Waals surface area contributed by atoms with Gasteiger partial charge >= 0.3 is 0 Å². The van der Waals surface area contributed by atoms with Crippen LogP contribution in [-0.2, 0) is 10.0 Å². The van der Waals surface area contributed by atoms with Crippen LogP contribution in [-0.4, -0.2) is 41.5 Å². The standard InChI is InChI=1S/C19H25N3O3S/c1-15-8-10-17(11-9-15)22(3)26(24,25)18-7-4-6-16(14-18)19(23)21-13-5-12-20-2/h4,6-11,14,20H,5,12-13H2,1-3H3,(H,21,23). The largest absolute Gasteiger partial charge is 0.352 e. The molecule has 0 aromatic heterocycles. The fourth-order valence-corrected chi connectivity index (χ4v) is 3.66. The Labute approximate surface area is 155 Å². The van der Waals surface area contributed by atoms with E-state index in [0.717, 1.165) is 18.5 Å². The topological polar surface area (TPSA) is 78.5 Å². The molecule has 2 aromatic rings. The molecule has 2 aromatic carbocycles. The molecule has 1 amide bonds. The number of sulfonamides is 1. The fraction of sp³-hybridized carbons (Fsp3) is 0.316. The molecule has 6 nitrogen and oxygen atoms in total. The summed E-state index contributed by atoms with van der Waals surface area (Å²) in [5.41, 5.74) is 1.95. The number of nitrogens with zero attached hydrogens (tertiary/aromatic N) is 1. The second-order valence-electron chi connectivity index (χ2n) is 6.05. The van der Waals surface area contributed by atoms with E-state index < -0.39 is 10.0 Å². The van der Waals surface area contributed by atoms with Gasteiger partial charge in [0.2, 0.25) is 0 Å². The van der Waals surface area contributed by atoms with E-state index in [2.05, 4.69) is 10.6 Å². The van der Waals surface area contributed by atoms with Gasteiger partial charge in [-0.3, -0.25) is 9.10 Å². The van der Waals surface area contributed by atoms with E-state index >= 15 is 0 Å². The molecule has 0 radical (unpaired) electrons. The van der Waals surface area contributed by atoms with Crippen LogP contribution < -0.4 is 14.9 Å². The van der Waals surface area contributed by atoms with Crippen molar-refractivity contribution in [2.24, 2.45) is 0 Å². The van der Waals surface area contributed by atoms with Gasteiger partial charge in [-0.2, -0.15) is 0 Å². The molecule has 0 saturated heterocycles. The van der Waals surface area contributed by atoms with Crippen molar-refractivity contribution in [2.45, 2.75) is 18.2 Å². The number of hydrogen-bond acceptors (Lipinski definition) is 4. The van der Waals surface area contributed by atoms with Crippen LogP contribution in [0.5, 0.6) is 0 Å². The van der Waals surface area contributed by atoms with Gasteiger partial charge in [0.05, 0.1) is 10.6 Å². The first-order valence-corrected chi connectivity index (χ1v) is 9.88. The van der Waals surface area contributed by atoms with Crippen molar-refractivity contribution in [3.63, 3.8) is 0 Å². The van der Waals surface area contributed by atoms with Gasteiger partial charge in [-0.25, -0.2) is 8.42 Å². The molecule has 0 aliphatic heterocycles. The van der Waals surface area contributed by atoms with Gasteiger partial charge < -0.3 is 10.6 Å². The van der Waals surface area contributed by atoms with E-state index in [9.17, 15) is 13.2 Å². The van der Waals surface area contributed by atoms with Crippen molar-refractivity contribution in [2.75, 3.05) is 31.5 Å². The number of anilines is 1. The molecular formula is C19H25N3O3S. The smallest absolute Gasteiger partial charge is 0.264 e. The summed E-state index contributed by atoms with van der Waals surface area (Å²) < 4.78 is 27.0. The summed E-state index contributed by atoms with van der Waals surface area (Å²) in [6, 6.07) is 13.3. The van der Waals surface area contributed by atoms with Gasteiger partial charge in [0, 0.05) is 19.2 Å². The maximum Gasteiger partial charge on any atom is 0.264 e. The predicted molar refractivity (Wildman–Crippen MR) is 104 cm³/mol. The molecule has 0 heterocycles. The molecule has 0 aliphatic rings. The number of rotatable bonds is 8. The lowest BCUT2D eigenvalue weighted by molar-refractivity contribution is 0.0953. The Hall–Kier alpha value is -2.38. The molecule has 26 heavy (non-hydrogen) atoms. The number of aryl methyl sites for hydroxylation is 1. The van der Waals surface area contributed by atoms with Gasteiger partial charge in [0.25, 0.3) is 15.9 Å². The number of benzene rings is 2. The van der Waals surface area contributed by atoms with E-state index in [4.69, 9.17) is 0 Å². The molecule has 0 unspecified atom stereocenters. The minimum atomic E-state index is -3.75. The van der Waals surface area contributed by atoms with Gasteiger partial charge in [-0.1, -0.05) is 23.8 Å². The highest BCUT2D eigenvalue weighted by Gasteiger charge is 2.22. The summed E-state index contributed by atoms with van der Waals surface area (Å²) in [6.45, 7) is 3.27. The summed E-state index contributed by atoms with van der Waals surface area (Å²) >= 11 is 0. The normalized spacial score (nSPS) is 11.2. The summed E-state index contributed by atoms with van der Waals surface area (Å²) in [4.78, 5) is 12.3. The SMILES string of the molecule is CNCCCNC(=O)c1cccc(S(=O)(=O)N(C)c2ccc(C)cc2)c1. The maximum atomic E-state index is 12.9. The van der Waals surface area contributed by atoms with Crippen molar-refractivity contribution in [3.8, 4) is 0 Å². The summed E-state index contributed by atoms with van der Waals surface area (Å²) in [5, 5.41) is 5.80. The Morgan fingerprint density at radius 1 is 1.08 bits per heavy atom. The molecule has 2 N–H and O–H groups in total. The van der Waals surface area contributed by atoms with Crippen molar-refractivity contribution in [1.82, 2.24) is 10.6 Å². The fourth-order valence-electron chi connectivity index (χ4n) is 2.42. The van der Waals surface area contributed by atoms with Crippen LogP contribution in [0.1, 0.15) is 22.3 Å². The van der Waals surface area contributed by atoms with Crippen LogP contribution in [0.4, 0.5) is 5.69 Å². The highest BCUT2D eigenvalue weighted by molar-refractivity contribution is 7.92. The average molecular weight is 375 g/mol. The molecule has 0 fully saturated rings. The second kappa shape index (κ2) is 8.82. The number of amides is 1. The van der Waals surface area contributed by atoms with Crippen LogP contribution >= 0.6 is 0 Å². The third kappa shape index (κ3) is 4.83. The Bertz CT molecular complexity index is 849. The van der Waals surface area contributed by atoms with Crippen LogP contribution in [0.3, 0.4) is 0 Å².